The average Bonchev–Trinajstić information content (AvgIpc) is 2.98. The third-order valence-corrected chi connectivity index (χ3v) is 5.78. The van der Waals surface area contributed by atoms with E-state index in [1.165, 1.54) is 6.07 Å². The van der Waals surface area contributed by atoms with Crippen molar-refractivity contribution >= 4 is 11.6 Å². The molecule has 2 heterocycles. The Labute approximate surface area is 156 Å². The highest BCUT2D eigenvalue weighted by Crippen LogP contribution is 2.46. The molecule has 2 aliphatic heterocycles. The van der Waals surface area contributed by atoms with Gasteiger partial charge in [0.05, 0.1) is 23.1 Å². The Bertz CT molecular complexity index is 763. The summed E-state index contributed by atoms with van der Waals surface area (Å²) in [4.78, 5) is 16.2. The fraction of sp³-hybridized carbons (Fsp3) is 0.579. The van der Waals surface area contributed by atoms with Crippen LogP contribution in [0.25, 0.3) is 0 Å². The Kier molecular flexibility index (Phi) is 5.08. The highest BCUT2D eigenvalue weighted by Gasteiger charge is 2.51. The van der Waals surface area contributed by atoms with E-state index in [1.807, 2.05) is 4.90 Å². The summed E-state index contributed by atoms with van der Waals surface area (Å²) in [6.45, 7) is 2.53. The van der Waals surface area contributed by atoms with Gasteiger partial charge < -0.3 is 15.1 Å². The summed E-state index contributed by atoms with van der Waals surface area (Å²) < 4.78 is 40.0. The van der Waals surface area contributed by atoms with Crippen molar-refractivity contribution in [3.05, 3.63) is 29.3 Å². The van der Waals surface area contributed by atoms with Gasteiger partial charge in [-0.25, -0.2) is 0 Å². The number of hydrogen-bond acceptors (Lipinski definition) is 4. The van der Waals surface area contributed by atoms with Gasteiger partial charge in [0.25, 0.3) is 0 Å². The van der Waals surface area contributed by atoms with Gasteiger partial charge in [-0.05, 0) is 44.1 Å². The molecule has 1 N–H and O–H groups in total. The van der Waals surface area contributed by atoms with Gasteiger partial charge in [0.1, 0.15) is 0 Å². The van der Waals surface area contributed by atoms with Gasteiger partial charge in [-0.2, -0.15) is 18.4 Å². The van der Waals surface area contributed by atoms with Crippen molar-refractivity contribution in [2.75, 3.05) is 45.2 Å². The Morgan fingerprint density at radius 2 is 2.00 bits per heavy atom. The minimum absolute atomic E-state index is 0.0177. The second-order valence-electron chi connectivity index (χ2n) is 7.62. The summed E-state index contributed by atoms with van der Waals surface area (Å²) in [6.07, 6.45) is -2.96. The van der Waals surface area contributed by atoms with Crippen LogP contribution in [0.5, 0.6) is 0 Å². The summed E-state index contributed by atoms with van der Waals surface area (Å²) in [7, 11) is 3.42. The molecule has 2 saturated heterocycles. The molecule has 2 aliphatic rings. The molecule has 27 heavy (non-hydrogen) atoms. The topological polar surface area (TPSA) is 59.4 Å². The maximum absolute atomic E-state index is 13.3. The molecule has 0 saturated carbocycles. The lowest BCUT2D eigenvalue weighted by Gasteiger charge is -2.38. The molecule has 0 bridgehead atoms. The van der Waals surface area contributed by atoms with Crippen molar-refractivity contribution in [2.45, 2.75) is 19.0 Å². The van der Waals surface area contributed by atoms with Gasteiger partial charge in [-0.1, -0.05) is 0 Å². The summed E-state index contributed by atoms with van der Waals surface area (Å²) in [5, 5.41) is 12.3. The molecule has 8 heteroatoms. The third-order valence-electron chi connectivity index (χ3n) is 5.78. The smallest absolute Gasteiger partial charge is 0.370 e. The second-order valence-corrected chi connectivity index (χ2v) is 7.62. The zero-order chi connectivity index (χ0) is 19.8. The third kappa shape index (κ3) is 3.61. The van der Waals surface area contributed by atoms with Gasteiger partial charge in [-0.3, -0.25) is 4.79 Å². The van der Waals surface area contributed by atoms with Crippen LogP contribution in [-0.4, -0.2) is 51.1 Å². The molecule has 0 aromatic heterocycles. The Hall–Kier alpha value is -2.27. The molecule has 0 radical (unpaired) electrons. The number of nitriles is 1. The number of rotatable bonds is 2. The number of hydrogen-bond donors (Lipinski definition) is 1. The van der Waals surface area contributed by atoms with Gasteiger partial charge >= 0.3 is 6.18 Å². The predicted molar refractivity (Wildman–Crippen MR) is 95.1 cm³/mol. The first-order valence-corrected chi connectivity index (χ1v) is 8.96. The molecule has 1 aromatic rings. The van der Waals surface area contributed by atoms with E-state index < -0.39 is 11.7 Å². The van der Waals surface area contributed by atoms with Crippen molar-refractivity contribution in [3.63, 3.8) is 0 Å². The zero-order valence-electron chi connectivity index (χ0n) is 15.4. The van der Waals surface area contributed by atoms with Crippen LogP contribution in [-0.2, 0) is 11.0 Å². The van der Waals surface area contributed by atoms with Crippen molar-refractivity contribution in [1.82, 2.24) is 10.2 Å². The Morgan fingerprint density at radius 1 is 1.33 bits per heavy atom. The van der Waals surface area contributed by atoms with Gasteiger partial charge in [0, 0.05) is 38.3 Å². The lowest BCUT2D eigenvalue weighted by molar-refractivity contribution is -0.138. The summed E-state index contributed by atoms with van der Waals surface area (Å²) in [5.74, 6) is -0.233. The molecular weight excluding hydrogens is 357 g/mol. The van der Waals surface area contributed by atoms with E-state index in [9.17, 15) is 18.0 Å². The van der Waals surface area contributed by atoms with Crippen molar-refractivity contribution < 1.29 is 18.0 Å². The van der Waals surface area contributed by atoms with Crippen LogP contribution < -0.4 is 10.2 Å². The average molecular weight is 380 g/mol. The molecular formula is C19H23F3N4O. The SMILES string of the molecule is CN(C)C(=O)C1CN(c2ccc(C#N)c(C(F)(F)F)c2)CC12CCNCC2. The van der Waals surface area contributed by atoms with Crippen molar-refractivity contribution in [2.24, 2.45) is 11.3 Å². The number of piperidine rings is 1. The lowest BCUT2D eigenvalue weighted by atomic mass is 9.70. The van der Waals surface area contributed by atoms with E-state index in [-0.39, 0.29) is 22.8 Å². The van der Waals surface area contributed by atoms with Crippen molar-refractivity contribution in [3.8, 4) is 6.07 Å². The van der Waals surface area contributed by atoms with E-state index in [0.29, 0.717) is 18.8 Å². The number of anilines is 1. The van der Waals surface area contributed by atoms with Crippen LogP contribution in [0.2, 0.25) is 0 Å². The maximum atomic E-state index is 13.3. The normalized spacial score (nSPS) is 21.9. The first kappa shape index (κ1) is 19.5. The van der Waals surface area contributed by atoms with Crippen LogP contribution >= 0.6 is 0 Å². The van der Waals surface area contributed by atoms with Crippen LogP contribution in [0.3, 0.4) is 0 Å². The molecule has 0 aliphatic carbocycles. The molecule has 1 amide bonds. The molecule has 3 rings (SSSR count). The lowest BCUT2D eigenvalue weighted by Crippen LogP contribution is -2.46. The minimum atomic E-state index is -4.59. The number of alkyl halides is 3. The van der Waals surface area contributed by atoms with Crippen LogP contribution in [0.4, 0.5) is 18.9 Å². The van der Waals surface area contributed by atoms with E-state index >= 15 is 0 Å². The minimum Gasteiger partial charge on any atom is -0.370 e. The van der Waals surface area contributed by atoms with Crippen LogP contribution in [0, 0.1) is 22.7 Å². The van der Waals surface area contributed by atoms with Crippen LogP contribution in [0.15, 0.2) is 18.2 Å². The highest BCUT2D eigenvalue weighted by atomic mass is 19.4. The van der Waals surface area contributed by atoms with E-state index in [4.69, 9.17) is 5.26 Å². The first-order valence-electron chi connectivity index (χ1n) is 8.96. The predicted octanol–water partition coefficient (Wildman–Crippen LogP) is 2.47. The molecule has 1 aromatic carbocycles. The number of benzene rings is 1. The fourth-order valence-electron chi connectivity index (χ4n) is 4.31. The van der Waals surface area contributed by atoms with E-state index in [1.54, 1.807) is 31.1 Å². The molecule has 1 atom stereocenters. The largest absolute Gasteiger partial charge is 0.417 e. The van der Waals surface area contributed by atoms with E-state index in [0.717, 1.165) is 32.0 Å². The summed E-state index contributed by atoms with van der Waals surface area (Å²) >= 11 is 0. The van der Waals surface area contributed by atoms with Crippen LogP contribution in [0.1, 0.15) is 24.0 Å². The fourth-order valence-corrected chi connectivity index (χ4v) is 4.31. The number of amides is 1. The molecule has 2 fully saturated rings. The van der Waals surface area contributed by atoms with Gasteiger partial charge in [0.15, 0.2) is 0 Å². The quantitative estimate of drug-likeness (QED) is 0.856. The van der Waals surface area contributed by atoms with Gasteiger partial charge in [-0.15, -0.1) is 0 Å². The van der Waals surface area contributed by atoms with Crippen molar-refractivity contribution in [1.29, 1.82) is 5.26 Å². The Balaban J connectivity index is 1.96. The molecule has 1 unspecified atom stereocenters. The molecule has 5 nitrogen and oxygen atoms in total. The number of carbonyl (C=O) groups is 1. The number of nitrogens with zero attached hydrogens (tertiary/aromatic N) is 3. The number of halogens is 3. The second kappa shape index (κ2) is 7.04. The first-order chi connectivity index (χ1) is 12.7. The highest BCUT2D eigenvalue weighted by molar-refractivity contribution is 5.81. The Morgan fingerprint density at radius 3 is 2.56 bits per heavy atom. The van der Waals surface area contributed by atoms with E-state index in [2.05, 4.69) is 5.32 Å². The monoisotopic (exact) mass is 380 g/mol. The maximum Gasteiger partial charge on any atom is 0.417 e. The summed E-state index contributed by atoms with van der Waals surface area (Å²) in [6, 6.07) is 5.41. The standard InChI is InChI=1S/C19H23F3N4O/c1-25(2)17(27)16-11-26(12-18(16)5-7-24-8-6-18)14-4-3-13(10-23)15(9-14)19(20,21)22/h3-4,9,16,24H,5-8,11-12H2,1-2H3. The molecule has 1 spiro atoms. The number of nitrogens with one attached hydrogen (secondary N) is 1. The molecule has 146 valence electrons. The summed E-state index contributed by atoms with van der Waals surface area (Å²) in [5.41, 5.74) is -1.14. The zero-order valence-corrected chi connectivity index (χ0v) is 15.4. The van der Waals surface area contributed by atoms with Gasteiger partial charge in [0.2, 0.25) is 5.91 Å². The number of carbonyl (C=O) groups excluding carboxylic acids is 1.